The summed E-state index contributed by atoms with van der Waals surface area (Å²) in [4.78, 5) is 0. The number of halogens is 1. The molecule has 0 spiro atoms. The first-order valence-corrected chi connectivity index (χ1v) is 7.29. The Labute approximate surface area is 126 Å². The van der Waals surface area contributed by atoms with Crippen molar-refractivity contribution in [3.8, 4) is 5.75 Å². The number of hydrogen-bond donors (Lipinski definition) is 1. The largest absolute Gasteiger partial charge is 0.494 e. The van der Waals surface area contributed by atoms with Gasteiger partial charge in [0.05, 0.1) is 6.61 Å². The van der Waals surface area contributed by atoms with Crippen molar-refractivity contribution in [1.29, 1.82) is 0 Å². The molecule has 0 aliphatic carbocycles. The molecule has 2 rings (SSSR count). The summed E-state index contributed by atoms with van der Waals surface area (Å²) in [6.45, 7) is 4.70. The summed E-state index contributed by atoms with van der Waals surface area (Å²) in [5.74, 6) is 0.704. The van der Waals surface area contributed by atoms with Gasteiger partial charge in [0.25, 0.3) is 0 Å². The van der Waals surface area contributed by atoms with E-state index in [1.807, 2.05) is 32.2 Å². The molecule has 0 radical (unpaired) electrons. The number of aryl methyl sites for hydroxylation is 1. The van der Waals surface area contributed by atoms with Crippen LogP contribution in [-0.2, 0) is 6.42 Å². The predicted octanol–water partition coefficient (Wildman–Crippen LogP) is 4.04. The summed E-state index contributed by atoms with van der Waals surface area (Å²) in [6.07, 6.45) is 0.792. The molecule has 0 heterocycles. The number of nitrogens with one attached hydrogen (secondary N) is 1. The zero-order valence-electron chi connectivity index (χ0n) is 12.8. The first kappa shape index (κ1) is 15.5. The van der Waals surface area contributed by atoms with Gasteiger partial charge in [-0.2, -0.15) is 0 Å². The first-order valence-electron chi connectivity index (χ1n) is 7.29. The maximum Gasteiger partial charge on any atom is 0.124 e. The molecule has 3 heteroatoms. The van der Waals surface area contributed by atoms with Crippen molar-refractivity contribution in [2.45, 2.75) is 26.3 Å². The molecular weight excluding hydrogens is 265 g/mol. The van der Waals surface area contributed by atoms with Gasteiger partial charge in [0.2, 0.25) is 0 Å². The first-order chi connectivity index (χ1) is 10.1. The van der Waals surface area contributed by atoms with Crippen molar-refractivity contribution in [3.63, 3.8) is 0 Å². The van der Waals surface area contributed by atoms with Crippen LogP contribution in [0, 0.1) is 12.7 Å². The Morgan fingerprint density at radius 1 is 1.14 bits per heavy atom. The Balaban J connectivity index is 2.27. The quantitative estimate of drug-likeness (QED) is 0.866. The van der Waals surface area contributed by atoms with E-state index in [2.05, 4.69) is 24.4 Å². The third-order valence-corrected chi connectivity index (χ3v) is 3.54. The maximum absolute atomic E-state index is 13.0. The summed E-state index contributed by atoms with van der Waals surface area (Å²) in [6, 6.07) is 13.0. The van der Waals surface area contributed by atoms with E-state index in [1.54, 1.807) is 0 Å². The van der Waals surface area contributed by atoms with Gasteiger partial charge in [-0.05, 0) is 51.1 Å². The molecule has 112 valence electrons. The van der Waals surface area contributed by atoms with E-state index in [1.165, 1.54) is 17.7 Å². The van der Waals surface area contributed by atoms with E-state index in [0.717, 1.165) is 23.3 Å². The molecule has 2 aromatic carbocycles. The molecule has 0 bridgehead atoms. The minimum Gasteiger partial charge on any atom is -0.494 e. The van der Waals surface area contributed by atoms with Crippen LogP contribution in [0.1, 0.15) is 29.7 Å². The molecule has 0 fully saturated rings. The van der Waals surface area contributed by atoms with Gasteiger partial charge in [-0.3, -0.25) is 0 Å². The Morgan fingerprint density at radius 3 is 2.48 bits per heavy atom. The van der Waals surface area contributed by atoms with Gasteiger partial charge in [0.15, 0.2) is 0 Å². The average molecular weight is 287 g/mol. The van der Waals surface area contributed by atoms with Gasteiger partial charge < -0.3 is 10.1 Å². The Hall–Kier alpha value is -1.87. The Kier molecular flexibility index (Phi) is 5.34. The van der Waals surface area contributed by atoms with Crippen LogP contribution < -0.4 is 10.1 Å². The van der Waals surface area contributed by atoms with E-state index in [4.69, 9.17) is 4.74 Å². The van der Waals surface area contributed by atoms with Gasteiger partial charge in [-0.1, -0.05) is 29.8 Å². The van der Waals surface area contributed by atoms with Crippen LogP contribution >= 0.6 is 0 Å². The average Bonchev–Trinajstić information content (AvgIpc) is 2.49. The van der Waals surface area contributed by atoms with Crippen molar-refractivity contribution in [2.75, 3.05) is 13.7 Å². The lowest BCUT2D eigenvalue weighted by atomic mass is 9.96. The minimum atomic E-state index is -0.203. The zero-order chi connectivity index (χ0) is 15.2. The summed E-state index contributed by atoms with van der Waals surface area (Å²) in [7, 11) is 1.94. The molecular formula is C18H22FNO. The molecule has 1 unspecified atom stereocenters. The highest BCUT2D eigenvalue weighted by Crippen LogP contribution is 2.29. The smallest absolute Gasteiger partial charge is 0.124 e. The second kappa shape index (κ2) is 7.23. The minimum absolute atomic E-state index is 0.136. The number of rotatable bonds is 6. The fourth-order valence-electron chi connectivity index (χ4n) is 2.45. The molecule has 0 aliphatic heterocycles. The standard InChI is InChI=1S/C18H22FNO/c1-4-21-18-10-5-13(2)11-16(18)17(20-3)12-14-6-8-15(19)9-7-14/h5-11,17,20H,4,12H2,1-3H3. The van der Waals surface area contributed by atoms with Crippen molar-refractivity contribution < 1.29 is 9.13 Å². The molecule has 2 nitrogen and oxygen atoms in total. The molecule has 1 atom stereocenters. The van der Waals surface area contributed by atoms with Crippen LogP contribution in [0.3, 0.4) is 0 Å². The second-order valence-corrected chi connectivity index (χ2v) is 5.15. The number of hydrogen-bond acceptors (Lipinski definition) is 2. The van der Waals surface area contributed by atoms with Gasteiger partial charge in [-0.25, -0.2) is 4.39 Å². The Bertz CT molecular complexity index is 580. The molecule has 0 aliphatic rings. The van der Waals surface area contributed by atoms with E-state index in [0.29, 0.717) is 6.61 Å². The third-order valence-electron chi connectivity index (χ3n) is 3.54. The van der Waals surface area contributed by atoms with Gasteiger partial charge >= 0.3 is 0 Å². The fraction of sp³-hybridized carbons (Fsp3) is 0.333. The molecule has 0 saturated carbocycles. The highest BCUT2D eigenvalue weighted by Gasteiger charge is 2.15. The highest BCUT2D eigenvalue weighted by molar-refractivity contribution is 5.40. The van der Waals surface area contributed by atoms with E-state index >= 15 is 0 Å². The van der Waals surface area contributed by atoms with Crippen LogP contribution in [0.25, 0.3) is 0 Å². The lowest BCUT2D eigenvalue weighted by molar-refractivity contribution is 0.332. The van der Waals surface area contributed by atoms with Crippen LogP contribution in [0.2, 0.25) is 0 Å². The molecule has 0 amide bonds. The number of ether oxygens (including phenoxy) is 1. The predicted molar refractivity (Wildman–Crippen MR) is 84.3 cm³/mol. The fourth-order valence-corrected chi connectivity index (χ4v) is 2.45. The number of benzene rings is 2. The molecule has 0 aromatic heterocycles. The SMILES string of the molecule is CCOc1ccc(C)cc1C(Cc1ccc(F)cc1)NC. The maximum atomic E-state index is 13.0. The van der Waals surface area contributed by atoms with Crippen LogP contribution in [0.15, 0.2) is 42.5 Å². The van der Waals surface area contributed by atoms with E-state index in [-0.39, 0.29) is 11.9 Å². The third kappa shape index (κ3) is 4.05. The molecule has 2 aromatic rings. The lowest BCUT2D eigenvalue weighted by Gasteiger charge is -2.21. The van der Waals surface area contributed by atoms with Crippen molar-refractivity contribution >= 4 is 0 Å². The van der Waals surface area contributed by atoms with E-state index < -0.39 is 0 Å². The van der Waals surface area contributed by atoms with Gasteiger partial charge in [0, 0.05) is 11.6 Å². The van der Waals surface area contributed by atoms with Crippen molar-refractivity contribution in [3.05, 3.63) is 65.0 Å². The Morgan fingerprint density at radius 2 is 1.86 bits per heavy atom. The zero-order valence-corrected chi connectivity index (χ0v) is 12.8. The highest BCUT2D eigenvalue weighted by atomic mass is 19.1. The summed E-state index contributed by atoms with van der Waals surface area (Å²) in [5.41, 5.74) is 3.44. The van der Waals surface area contributed by atoms with Crippen LogP contribution in [0.5, 0.6) is 5.75 Å². The molecule has 1 N–H and O–H groups in total. The summed E-state index contributed by atoms with van der Waals surface area (Å²) >= 11 is 0. The van der Waals surface area contributed by atoms with Crippen molar-refractivity contribution in [1.82, 2.24) is 5.32 Å². The van der Waals surface area contributed by atoms with Gasteiger partial charge in [-0.15, -0.1) is 0 Å². The molecule has 0 saturated heterocycles. The van der Waals surface area contributed by atoms with Crippen molar-refractivity contribution in [2.24, 2.45) is 0 Å². The number of likely N-dealkylation sites (N-methyl/N-ethyl adjacent to an activating group) is 1. The normalized spacial score (nSPS) is 12.2. The summed E-state index contributed by atoms with van der Waals surface area (Å²) in [5, 5.41) is 3.33. The summed E-state index contributed by atoms with van der Waals surface area (Å²) < 4.78 is 18.7. The monoisotopic (exact) mass is 287 g/mol. The molecule has 21 heavy (non-hydrogen) atoms. The second-order valence-electron chi connectivity index (χ2n) is 5.15. The van der Waals surface area contributed by atoms with E-state index in [9.17, 15) is 4.39 Å². The topological polar surface area (TPSA) is 21.3 Å². The van der Waals surface area contributed by atoms with Crippen LogP contribution in [0.4, 0.5) is 4.39 Å². The van der Waals surface area contributed by atoms with Crippen LogP contribution in [-0.4, -0.2) is 13.7 Å². The van der Waals surface area contributed by atoms with Gasteiger partial charge in [0.1, 0.15) is 11.6 Å². The lowest BCUT2D eigenvalue weighted by Crippen LogP contribution is -2.20.